The summed E-state index contributed by atoms with van der Waals surface area (Å²) in [6.45, 7) is 1.60. The second-order valence-corrected chi connectivity index (χ2v) is 3.01. The second kappa shape index (κ2) is 4.15. The van der Waals surface area contributed by atoms with Crippen LogP contribution in [0.2, 0.25) is 0 Å². The fraction of sp³-hybridized carbons (Fsp3) is 0.333. The summed E-state index contributed by atoms with van der Waals surface area (Å²) < 4.78 is 12.6. The van der Waals surface area contributed by atoms with E-state index in [1.165, 1.54) is 12.1 Å². The number of aryl methyl sites for hydroxylation is 1. The van der Waals surface area contributed by atoms with Gasteiger partial charge in [0.2, 0.25) is 5.95 Å². The molecule has 4 nitrogen and oxygen atoms in total. The Balaban J connectivity index is 2.90. The first-order valence-corrected chi connectivity index (χ1v) is 4.11. The van der Waals surface area contributed by atoms with E-state index in [0.717, 1.165) is 0 Å². The molecule has 0 aliphatic heterocycles. The van der Waals surface area contributed by atoms with Crippen LogP contribution in [0.15, 0.2) is 12.1 Å². The predicted octanol–water partition coefficient (Wildman–Crippen LogP) is 1.00. The summed E-state index contributed by atoms with van der Waals surface area (Å²) in [6, 6.07) is 2.00. The quantitative estimate of drug-likeness (QED) is 0.710. The van der Waals surface area contributed by atoms with Gasteiger partial charge in [-0.2, -0.15) is 4.39 Å². The molecule has 14 heavy (non-hydrogen) atoms. The zero-order chi connectivity index (χ0) is 10.7. The number of rotatable bonds is 3. The van der Waals surface area contributed by atoms with Gasteiger partial charge in [0.1, 0.15) is 0 Å². The molecule has 0 fully saturated rings. The number of hydrogen-bond donors (Lipinski definition) is 2. The van der Waals surface area contributed by atoms with Crippen LogP contribution in [0.5, 0.6) is 0 Å². The van der Waals surface area contributed by atoms with E-state index in [4.69, 9.17) is 10.8 Å². The van der Waals surface area contributed by atoms with Gasteiger partial charge in [0.15, 0.2) is 0 Å². The molecule has 0 saturated heterocycles. The Kier molecular flexibility index (Phi) is 3.14. The van der Waals surface area contributed by atoms with E-state index in [1.807, 2.05) is 0 Å². The van der Waals surface area contributed by atoms with Crippen molar-refractivity contribution in [1.82, 2.24) is 4.98 Å². The van der Waals surface area contributed by atoms with E-state index in [2.05, 4.69) is 4.98 Å². The average molecular weight is 198 g/mol. The third kappa shape index (κ3) is 2.50. The number of nitrogens with zero attached hydrogens (tertiary/aromatic N) is 1. The van der Waals surface area contributed by atoms with Crippen molar-refractivity contribution in [3.63, 3.8) is 0 Å². The Morgan fingerprint density at radius 2 is 2.36 bits per heavy atom. The molecule has 0 bridgehead atoms. The lowest BCUT2D eigenvalue weighted by Gasteiger charge is -2.11. The Morgan fingerprint density at radius 1 is 1.71 bits per heavy atom. The summed E-state index contributed by atoms with van der Waals surface area (Å²) in [5.41, 5.74) is 6.60. The second-order valence-electron chi connectivity index (χ2n) is 3.01. The Labute approximate surface area is 80.6 Å². The normalized spacial score (nSPS) is 12.5. The molecule has 0 spiro atoms. The maximum Gasteiger partial charge on any atom is 0.305 e. The first-order valence-electron chi connectivity index (χ1n) is 4.11. The Hall–Kier alpha value is -1.49. The third-order valence-corrected chi connectivity index (χ3v) is 1.89. The van der Waals surface area contributed by atoms with Crippen molar-refractivity contribution >= 4 is 5.97 Å². The van der Waals surface area contributed by atoms with Gasteiger partial charge in [0.05, 0.1) is 6.42 Å². The Bertz CT molecular complexity index is 355. The number of aliphatic carboxylic acids is 1. The van der Waals surface area contributed by atoms with E-state index in [-0.39, 0.29) is 6.42 Å². The molecule has 5 heteroatoms. The molecule has 0 aliphatic carbocycles. The summed E-state index contributed by atoms with van der Waals surface area (Å²) in [5.74, 6) is -1.57. The van der Waals surface area contributed by atoms with Crippen molar-refractivity contribution < 1.29 is 14.3 Å². The summed E-state index contributed by atoms with van der Waals surface area (Å²) in [6.07, 6.45) is -0.186. The van der Waals surface area contributed by atoms with Crippen molar-refractivity contribution in [3.05, 3.63) is 29.3 Å². The van der Waals surface area contributed by atoms with Crippen molar-refractivity contribution in [1.29, 1.82) is 0 Å². The number of carbonyl (C=O) groups is 1. The molecule has 1 heterocycles. The minimum Gasteiger partial charge on any atom is -0.481 e. The van der Waals surface area contributed by atoms with E-state index in [9.17, 15) is 9.18 Å². The highest BCUT2D eigenvalue weighted by molar-refractivity contribution is 5.67. The standard InChI is InChI=1S/C9H11FN2O2/c1-5-6(2-3-8(10)12-5)7(11)4-9(13)14/h2-3,7H,4,11H2,1H3,(H,13,14)/t7-/m1/s1. The Morgan fingerprint density at radius 3 is 2.86 bits per heavy atom. The smallest absolute Gasteiger partial charge is 0.305 e. The van der Waals surface area contributed by atoms with Crippen molar-refractivity contribution in [2.24, 2.45) is 5.73 Å². The van der Waals surface area contributed by atoms with Gasteiger partial charge in [-0.15, -0.1) is 0 Å². The van der Waals surface area contributed by atoms with Gasteiger partial charge in [0.25, 0.3) is 0 Å². The number of nitrogens with two attached hydrogens (primary N) is 1. The molecule has 0 saturated carbocycles. The summed E-state index contributed by atoms with van der Waals surface area (Å²) >= 11 is 0. The van der Waals surface area contributed by atoms with Gasteiger partial charge in [0, 0.05) is 11.7 Å². The minimum atomic E-state index is -0.985. The number of carboxylic acids is 1. The average Bonchev–Trinajstić information content (AvgIpc) is 2.01. The van der Waals surface area contributed by atoms with Crippen LogP contribution in [-0.4, -0.2) is 16.1 Å². The third-order valence-electron chi connectivity index (χ3n) is 1.89. The highest BCUT2D eigenvalue weighted by Gasteiger charge is 2.13. The number of halogens is 1. The lowest BCUT2D eigenvalue weighted by Crippen LogP contribution is -2.16. The van der Waals surface area contributed by atoms with Crippen LogP contribution in [0.3, 0.4) is 0 Å². The molecule has 0 aromatic carbocycles. The zero-order valence-corrected chi connectivity index (χ0v) is 7.70. The lowest BCUT2D eigenvalue weighted by atomic mass is 10.0. The minimum absolute atomic E-state index is 0.186. The predicted molar refractivity (Wildman–Crippen MR) is 48.1 cm³/mol. The van der Waals surface area contributed by atoms with Crippen molar-refractivity contribution in [2.75, 3.05) is 0 Å². The number of carboxylic acid groups (broad SMARTS) is 1. The molecule has 0 aliphatic rings. The number of pyridine rings is 1. The van der Waals surface area contributed by atoms with Gasteiger partial charge in [-0.1, -0.05) is 6.07 Å². The van der Waals surface area contributed by atoms with E-state index in [0.29, 0.717) is 11.3 Å². The molecule has 1 rings (SSSR count). The highest BCUT2D eigenvalue weighted by Crippen LogP contribution is 2.16. The molecule has 0 amide bonds. The first-order chi connectivity index (χ1) is 6.50. The first kappa shape index (κ1) is 10.6. The molecular weight excluding hydrogens is 187 g/mol. The fourth-order valence-corrected chi connectivity index (χ4v) is 1.23. The van der Waals surface area contributed by atoms with Crippen molar-refractivity contribution in [2.45, 2.75) is 19.4 Å². The monoisotopic (exact) mass is 198 g/mol. The molecule has 76 valence electrons. The molecule has 1 aromatic heterocycles. The molecule has 1 atom stereocenters. The molecule has 1 aromatic rings. The zero-order valence-electron chi connectivity index (χ0n) is 7.70. The van der Waals surface area contributed by atoms with Crippen LogP contribution in [0, 0.1) is 12.9 Å². The maximum absolute atomic E-state index is 12.6. The molecule has 0 radical (unpaired) electrons. The van der Waals surface area contributed by atoms with Crippen LogP contribution in [-0.2, 0) is 4.79 Å². The SMILES string of the molecule is Cc1nc(F)ccc1[C@H](N)CC(=O)O. The number of aromatic nitrogens is 1. The van der Waals surface area contributed by atoms with Gasteiger partial charge in [-0.3, -0.25) is 4.79 Å². The summed E-state index contributed by atoms with van der Waals surface area (Å²) in [7, 11) is 0. The topological polar surface area (TPSA) is 76.2 Å². The highest BCUT2D eigenvalue weighted by atomic mass is 19.1. The molecular formula is C9H11FN2O2. The van der Waals surface area contributed by atoms with Crippen LogP contribution in [0.1, 0.15) is 23.7 Å². The van der Waals surface area contributed by atoms with Gasteiger partial charge < -0.3 is 10.8 Å². The van der Waals surface area contributed by atoms with Gasteiger partial charge >= 0.3 is 5.97 Å². The van der Waals surface area contributed by atoms with E-state index in [1.54, 1.807) is 6.92 Å². The van der Waals surface area contributed by atoms with Gasteiger partial charge in [-0.05, 0) is 18.6 Å². The van der Waals surface area contributed by atoms with Crippen LogP contribution in [0.4, 0.5) is 4.39 Å². The van der Waals surface area contributed by atoms with E-state index >= 15 is 0 Å². The lowest BCUT2D eigenvalue weighted by molar-refractivity contribution is -0.137. The fourth-order valence-electron chi connectivity index (χ4n) is 1.23. The molecule has 3 N–H and O–H groups in total. The van der Waals surface area contributed by atoms with Crippen LogP contribution >= 0.6 is 0 Å². The number of hydrogen-bond acceptors (Lipinski definition) is 3. The van der Waals surface area contributed by atoms with Crippen LogP contribution < -0.4 is 5.73 Å². The van der Waals surface area contributed by atoms with Gasteiger partial charge in [-0.25, -0.2) is 4.98 Å². The van der Waals surface area contributed by atoms with Crippen molar-refractivity contribution in [3.8, 4) is 0 Å². The van der Waals surface area contributed by atoms with E-state index < -0.39 is 18.0 Å². The molecule has 0 unspecified atom stereocenters. The maximum atomic E-state index is 12.6. The summed E-state index contributed by atoms with van der Waals surface area (Å²) in [4.78, 5) is 13.9. The summed E-state index contributed by atoms with van der Waals surface area (Å²) in [5, 5.41) is 8.52. The largest absolute Gasteiger partial charge is 0.481 e. The van der Waals surface area contributed by atoms with Crippen LogP contribution in [0.25, 0.3) is 0 Å².